The van der Waals surface area contributed by atoms with Crippen molar-refractivity contribution in [3.05, 3.63) is 64.7 Å². The highest BCUT2D eigenvalue weighted by atomic mass is 14.9. The third kappa shape index (κ3) is 2.98. The average Bonchev–Trinajstić information content (AvgIpc) is 3.22. The van der Waals surface area contributed by atoms with E-state index in [1.807, 2.05) is 0 Å². The molecule has 0 atom stereocenters. The van der Waals surface area contributed by atoms with Gasteiger partial charge in [0.2, 0.25) is 0 Å². The molecule has 0 aliphatic heterocycles. The number of aryl methyl sites for hydroxylation is 2. The first-order valence-corrected chi connectivity index (χ1v) is 7.12. The Morgan fingerprint density at radius 1 is 1.05 bits per heavy atom. The van der Waals surface area contributed by atoms with Crippen molar-refractivity contribution < 1.29 is 0 Å². The molecular weight excluding hydrogens is 230 g/mol. The van der Waals surface area contributed by atoms with Crippen LogP contribution in [-0.4, -0.2) is 0 Å². The van der Waals surface area contributed by atoms with Crippen LogP contribution in [0.2, 0.25) is 0 Å². The summed E-state index contributed by atoms with van der Waals surface area (Å²) in [6, 6.07) is 15.6. The summed E-state index contributed by atoms with van der Waals surface area (Å²) in [5.41, 5.74) is 6.77. The van der Waals surface area contributed by atoms with Crippen molar-refractivity contribution in [2.45, 2.75) is 39.2 Å². The fourth-order valence-electron chi connectivity index (χ4n) is 2.58. The van der Waals surface area contributed by atoms with E-state index >= 15 is 0 Å². The van der Waals surface area contributed by atoms with Gasteiger partial charge in [0.25, 0.3) is 0 Å². The molecule has 0 heterocycles. The van der Waals surface area contributed by atoms with Crippen molar-refractivity contribution in [2.75, 3.05) is 5.32 Å². The first kappa shape index (κ1) is 12.3. The minimum absolute atomic E-state index is 0.834. The third-order valence-electron chi connectivity index (χ3n) is 3.86. The van der Waals surface area contributed by atoms with E-state index in [-0.39, 0.29) is 0 Å². The molecule has 0 unspecified atom stereocenters. The van der Waals surface area contributed by atoms with Crippen molar-refractivity contribution >= 4 is 5.69 Å². The van der Waals surface area contributed by atoms with Crippen LogP contribution < -0.4 is 5.32 Å². The number of anilines is 1. The normalized spacial score (nSPS) is 14.4. The Morgan fingerprint density at radius 3 is 2.63 bits per heavy atom. The lowest BCUT2D eigenvalue weighted by molar-refractivity contribution is 1.08. The first-order valence-electron chi connectivity index (χ1n) is 7.12. The van der Waals surface area contributed by atoms with Crippen LogP contribution in [0, 0.1) is 13.8 Å². The maximum Gasteiger partial charge on any atom is 0.0400 e. The van der Waals surface area contributed by atoms with Crippen LogP contribution in [-0.2, 0) is 6.54 Å². The van der Waals surface area contributed by atoms with E-state index in [1.165, 1.54) is 40.8 Å². The third-order valence-corrected chi connectivity index (χ3v) is 3.86. The standard InChI is InChI=1S/C18H21N/c1-13-6-9-18(14(2)10-13)19-12-15-4-3-5-17(11-15)16-7-8-16/h3-6,9-11,16,19H,7-8,12H2,1-2H3. The number of hydrogen-bond donors (Lipinski definition) is 1. The molecule has 1 fully saturated rings. The summed E-state index contributed by atoms with van der Waals surface area (Å²) < 4.78 is 0. The highest BCUT2D eigenvalue weighted by Crippen LogP contribution is 2.40. The lowest BCUT2D eigenvalue weighted by Crippen LogP contribution is -2.01. The molecule has 1 heteroatoms. The topological polar surface area (TPSA) is 12.0 Å². The van der Waals surface area contributed by atoms with Gasteiger partial charge in [0.15, 0.2) is 0 Å². The van der Waals surface area contributed by atoms with Gasteiger partial charge in [0.05, 0.1) is 0 Å². The minimum atomic E-state index is 0.834. The van der Waals surface area contributed by atoms with E-state index in [0.717, 1.165) is 12.5 Å². The van der Waals surface area contributed by atoms with Gasteiger partial charge in [-0.25, -0.2) is 0 Å². The molecule has 1 aliphatic rings. The van der Waals surface area contributed by atoms with Crippen LogP contribution in [0.15, 0.2) is 42.5 Å². The van der Waals surface area contributed by atoms with E-state index < -0.39 is 0 Å². The molecule has 0 bridgehead atoms. The average molecular weight is 251 g/mol. The van der Waals surface area contributed by atoms with Gasteiger partial charge in [0.1, 0.15) is 0 Å². The highest BCUT2D eigenvalue weighted by Gasteiger charge is 2.23. The van der Waals surface area contributed by atoms with Crippen molar-refractivity contribution in [1.82, 2.24) is 0 Å². The van der Waals surface area contributed by atoms with Crippen LogP contribution in [0.5, 0.6) is 0 Å². The molecule has 0 aromatic heterocycles. The Morgan fingerprint density at radius 2 is 1.89 bits per heavy atom. The van der Waals surface area contributed by atoms with Crippen molar-refractivity contribution in [2.24, 2.45) is 0 Å². The largest absolute Gasteiger partial charge is 0.381 e. The molecular formula is C18H21N. The Labute approximate surface area is 115 Å². The molecule has 2 aromatic carbocycles. The van der Waals surface area contributed by atoms with Gasteiger partial charge in [-0.15, -0.1) is 0 Å². The fourth-order valence-corrected chi connectivity index (χ4v) is 2.58. The highest BCUT2D eigenvalue weighted by molar-refractivity contribution is 5.52. The van der Waals surface area contributed by atoms with Crippen LogP contribution in [0.4, 0.5) is 5.69 Å². The van der Waals surface area contributed by atoms with Crippen LogP contribution >= 0.6 is 0 Å². The summed E-state index contributed by atoms with van der Waals surface area (Å²) in [5.74, 6) is 0.834. The van der Waals surface area contributed by atoms with Crippen LogP contribution in [0.3, 0.4) is 0 Å². The van der Waals surface area contributed by atoms with Gasteiger partial charge in [-0.2, -0.15) is 0 Å². The summed E-state index contributed by atoms with van der Waals surface area (Å²) >= 11 is 0. The van der Waals surface area contributed by atoms with Gasteiger partial charge < -0.3 is 5.32 Å². The van der Waals surface area contributed by atoms with E-state index in [2.05, 4.69) is 61.6 Å². The summed E-state index contributed by atoms with van der Waals surface area (Å²) in [7, 11) is 0. The van der Waals surface area contributed by atoms with Crippen molar-refractivity contribution in [3.8, 4) is 0 Å². The van der Waals surface area contributed by atoms with Crippen LogP contribution in [0.1, 0.15) is 41.0 Å². The summed E-state index contributed by atoms with van der Waals surface area (Å²) in [5, 5.41) is 3.54. The molecule has 19 heavy (non-hydrogen) atoms. The molecule has 1 nitrogen and oxygen atoms in total. The molecule has 2 aromatic rings. The smallest absolute Gasteiger partial charge is 0.0400 e. The molecule has 3 rings (SSSR count). The fraction of sp³-hybridized carbons (Fsp3) is 0.333. The van der Waals surface area contributed by atoms with Gasteiger partial charge in [0, 0.05) is 12.2 Å². The predicted octanol–water partition coefficient (Wildman–Crippen LogP) is 4.79. The molecule has 1 N–H and O–H groups in total. The summed E-state index contributed by atoms with van der Waals surface area (Å²) in [6.07, 6.45) is 2.74. The Hall–Kier alpha value is -1.76. The zero-order valence-electron chi connectivity index (χ0n) is 11.7. The van der Waals surface area contributed by atoms with E-state index in [0.29, 0.717) is 0 Å². The predicted molar refractivity (Wildman–Crippen MR) is 81.7 cm³/mol. The second-order valence-electron chi connectivity index (χ2n) is 5.69. The first-order chi connectivity index (χ1) is 9.22. The Bertz CT molecular complexity index is 582. The molecule has 1 aliphatic carbocycles. The zero-order chi connectivity index (χ0) is 13.2. The van der Waals surface area contributed by atoms with E-state index in [4.69, 9.17) is 0 Å². The molecule has 0 saturated heterocycles. The van der Waals surface area contributed by atoms with Gasteiger partial charge in [-0.05, 0) is 55.4 Å². The summed E-state index contributed by atoms with van der Waals surface area (Å²) in [6.45, 7) is 5.20. The molecule has 98 valence electrons. The van der Waals surface area contributed by atoms with Gasteiger partial charge >= 0.3 is 0 Å². The molecule has 0 amide bonds. The number of nitrogens with one attached hydrogen (secondary N) is 1. The summed E-state index contributed by atoms with van der Waals surface area (Å²) in [4.78, 5) is 0. The second kappa shape index (κ2) is 5.08. The quantitative estimate of drug-likeness (QED) is 0.823. The van der Waals surface area contributed by atoms with E-state index in [1.54, 1.807) is 0 Å². The van der Waals surface area contributed by atoms with Gasteiger partial charge in [-0.1, -0.05) is 42.0 Å². The molecule has 1 saturated carbocycles. The second-order valence-corrected chi connectivity index (χ2v) is 5.69. The SMILES string of the molecule is Cc1ccc(NCc2cccc(C3CC3)c2)c(C)c1. The van der Waals surface area contributed by atoms with Crippen molar-refractivity contribution in [3.63, 3.8) is 0 Å². The number of benzene rings is 2. The molecule has 0 spiro atoms. The maximum absolute atomic E-state index is 3.54. The van der Waals surface area contributed by atoms with Gasteiger partial charge in [-0.3, -0.25) is 0 Å². The maximum atomic E-state index is 3.54. The number of hydrogen-bond acceptors (Lipinski definition) is 1. The number of rotatable bonds is 4. The lowest BCUT2D eigenvalue weighted by atomic mass is 10.1. The lowest BCUT2D eigenvalue weighted by Gasteiger charge is -2.11. The Kier molecular flexibility index (Phi) is 3.29. The monoisotopic (exact) mass is 251 g/mol. The van der Waals surface area contributed by atoms with Crippen LogP contribution in [0.25, 0.3) is 0 Å². The zero-order valence-corrected chi connectivity index (χ0v) is 11.7. The minimum Gasteiger partial charge on any atom is -0.381 e. The van der Waals surface area contributed by atoms with E-state index in [9.17, 15) is 0 Å². The van der Waals surface area contributed by atoms with Crippen molar-refractivity contribution in [1.29, 1.82) is 0 Å². The Balaban J connectivity index is 1.69. The molecule has 0 radical (unpaired) electrons.